The number of carbonyl (C=O) groups is 1. The van der Waals surface area contributed by atoms with Gasteiger partial charge in [0.2, 0.25) is 0 Å². The Morgan fingerprint density at radius 2 is 2.14 bits per heavy atom. The molecule has 110 valence electrons. The van der Waals surface area contributed by atoms with E-state index < -0.39 is 5.97 Å². The van der Waals surface area contributed by atoms with Gasteiger partial charge in [-0.3, -0.25) is 4.98 Å². The molecule has 0 aliphatic heterocycles. The van der Waals surface area contributed by atoms with E-state index in [1.54, 1.807) is 25.3 Å². The summed E-state index contributed by atoms with van der Waals surface area (Å²) in [7, 11) is 0. The van der Waals surface area contributed by atoms with Crippen LogP contribution >= 0.6 is 0 Å². The summed E-state index contributed by atoms with van der Waals surface area (Å²) in [5.74, 6) is 0.00390. The van der Waals surface area contributed by atoms with Crippen molar-refractivity contribution in [2.45, 2.75) is 6.92 Å². The number of fused-ring (bicyclic) bond motifs is 1. The standard InChI is InChI=1S/C17H14N2O3/c1-2-21-17(20)16-11-13(22-19-16)8-7-12-9-10-18-15-6-4-3-5-14(12)15/h3-11H,2H2,1H3/b8-7+. The highest BCUT2D eigenvalue weighted by Crippen LogP contribution is 2.19. The Morgan fingerprint density at radius 1 is 1.27 bits per heavy atom. The predicted octanol–water partition coefficient (Wildman–Crippen LogP) is 3.57. The molecule has 5 nitrogen and oxygen atoms in total. The third-order valence-corrected chi connectivity index (χ3v) is 3.12. The van der Waals surface area contributed by atoms with Crippen LogP contribution in [0.25, 0.3) is 23.1 Å². The molecule has 0 aliphatic carbocycles. The van der Waals surface area contributed by atoms with Gasteiger partial charge in [0.15, 0.2) is 11.5 Å². The average Bonchev–Trinajstić information content (AvgIpc) is 3.02. The van der Waals surface area contributed by atoms with Gasteiger partial charge < -0.3 is 9.26 Å². The van der Waals surface area contributed by atoms with Gasteiger partial charge in [-0.15, -0.1) is 0 Å². The lowest BCUT2D eigenvalue weighted by Gasteiger charge is -1.99. The fraction of sp³-hybridized carbons (Fsp3) is 0.118. The number of ether oxygens (including phenoxy) is 1. The second kappa shape index (κ2) is 6.22. The predicted molar refractivity (Wildman–Crippen MR) is 83.1 cm³/mol. The molecule has 0 saturated heterocycles. The molecule has 0 aliphatic rings. The third kappa shape index (κ3) is 2.88. The van der Waals surface area contributed by atoms with Crippen LogP contribution in [0.5, 0.6) is 0 Å². The van der Waals surface area contributed by atoms with Gasteiger partial charge in [0.05, 0.1) is 12.1 Å². The van der Waals surface area contributed by atoms with E-state index in [4.69, 9.17) is 9.26 Å². The molecule has 1 aromatic carbocycles. The monoisotopic (exact) mass is 294 g/mol. The second-order valence-corrected chi connectivity index (χ2v) is 4.59. The molecule has 0 radical (unpaired) electrons. The Kier molecular flexibility index (Phi) is 3.96. The van der Waals surface area contributed by atoms with Crippen LogP contribution in [0.2, 0.25) is 0 Å². The highest BCUT2D eigenvalue weighted by Gasteiger charge is 2.11. The van der Waals surface area contributed by atoms with Crippen LogP contribution in [0.15, 0.2) is 47.1 Å². The van der Waals surface area contributed by atoms with E-state index in [1.807, 2.05) is 36.4 Å². The number of nitrogens with zero attached hydrogens (tertiary/aromatic N) is 2. The number of aromatic nitrogens is 2. The number of hydrogen-bond acceptors (Lipinski definition) is 5. The minimum absolute atomic E-state index is 0.168. The number of rotatable bonds is 4. The Bertz CT molecular complexity index is 831. The summed E-state index contributed by atoms with van der Waals surface area (Å²) in [6.07, 6.45) is 5.42. The highest BCUT2D eigenvalue weighted by atomic mass is 16.5. The van der Waals surface area contributed by atoms with E-state index >= 15 is 0 Å². The first kappa shape index (κ1) is 14.0. The van der Waals surface area contributed by atoms with Crippen LogP contribution in [0.4, 0.5) is 0 Å². The first-order chi connectivity index (χ1) is 10.8. The molecule has 0 spiro atoms. The van der Waals surface area contributed by atoms with Crippen molar-refractivity contribution < 1.29 is 14.1 Å². The second-order valence-electron chi connectivity index (χ2n) is 4.59. The molecule has 0 fully saturated rings. The van der Waals surface area contributed by atoms with E-state index in [1.165, 1.54) is 0 Å². The molecular weight excluding hydrogens is 280 g/mol. The largest absolute Gasteiger partial charge is 0.461 e. The number of pyridine rings is 1. The zero-order chi connectivity index (χ0) is 15.4. The van der Waals surface area contributed by atoms with E-state index in [0.717, 1.165) is 16.5 Å². The Balaban J connectivity index is 1.86. The summed E-state index contributed by atoms with van der Waals surface area (Å²) in [6.45, 7) is 2.05. The smallest absolute Gasteiger partial charge is 0.360 e. The molecule has 22 heavy (non-hydrogen) atoms. The summed E-state index contributed by atoms with van der Waals surface area (Å²) in [5, 5.41) is 4.74. The van der Waals surface area contributed by atoms with Crippen LogP contribution in [-0.4, -0.2) is 22.7 Å². The van der Waals surface area contributed by atoms with Crippen molar-refractivity contribution in [2.24, 2.45) is 0 Å². The molecule has 2 heterocycles. The summed E-state index contributed by atoms with van der Waals surface area (Å²) < 4.78 is 9.98. The number of hydrogen-bond donors (Lipinski definition) is 0. The molecule has 0 atom stereocenters. The number of para-hydroxylation sites is 1. The van der Waals surface area contributed by atoms with Gasteiger partial charge in [-0.25, -0.2) is 4.79 Å². The molecule has 0 N–H and O–H groups in total. The van der Waals surface area contributed by atoms with Crippen molar-refractivity contribution in [2.75, 3.05) is 6.61 Å². The topological polar surface area (TPSA) is 65.2 Å². The minimum atomic E-state index is -0.486. The van der Waals surface area contributed by atoms with E-state index in [9.17, 15) is 4.79 Å². The van der Waals surface area contributed by atoms with E-state index in [-0.39, 0.29) is 5.69 Å². The quantitative estimate of drug-likeness (QED) is 0.688. The van der Waals surface area contributed by atoms with Crippen molar-refractivity contribution in [1.29, 1.82) is 0 Å². The fourth-order valence-corrected chi connectivity index (χ4v) is 2.10. The van der Waals surface area contributed by atoms with Crippen LogP contribution in [0.1, 0.15) is 28.7 Å². The number of benzene rings is 1. The van der Waals surface area contributed by atoms with Crippen LogP contribution in [0.3, 0.4) is 0 Å². The van der Waals surface area contributed by atoms with Gasteiger partial charge >= 0.3 is 5.97 Å². The Labute approximate surface area is 127 Å². The first-order valence-electron chi connectivity index (χ1n) is 6.93. The molecule has 3 rings (SSSR count). The van der Waals surface area contributed by atoms with Crippen LogP contribution in [0, 0.1) is 0 Å². The minimum Gasteiger partial charge on any atom is -0.461 e. The van der Waals surface area contributed by atoms with Gasteiger partial charge in [0.25, 0.3) is 0 Å². The molecule has 0 bridgehead atoms. The maximum absolute atomic E-state index is 11.5. The van der Waals surface area contributed by atoms with Crippen LogP contribution in [-0.2, 0) is 4.74 Å². The van der Waals surface area contributed by atoms with Gasteiger partial charge in [-0.1, -0.05) is 29.4 Å². The number of esters is 1. The van der Waals surface area contributed by atoms with Crippen molar-refractivity contribution >= 4 is 29.0 Å². The van der Waals surface area contributed by atoms with Gasteiger partial charge in [-0.05, 0) is 30.7 Å². The Hall–Kier alpha value is -2.95. The SMILES string of the molecule is CCOC(=O)c1cc(/C=C/c2ccnc3ccccc23)on1. The zero-order valence-corrected chi connectivity index (χ0v) is 12.0. The van der Waals surface area contributed by atoms with Gasteiger partial charge in [0.1, 0.15) is 0 Å². The van der Waals surface area contributed by atoms with Gasteiger partial charge in [0, 0.05) is 17.6 Å². The summed E-state index contributed by atoms with van der Waals surface area (Å²) >= 11 is 0. The molecule has 0 unspecified atom stereocenters. The van der Waals surface area contributed by atoms with Crippen molar-refractivity contribution in [3.8, 4) is 0 Å². The number of carbonyl (C=O) groups excluding carboxylic acids is 1. The van der Waals surface area contributed by atoms with Crippen molar-refractivity contribution in [3.63, 3.8) is 0 Å². The average molecular weight is 294 g/mol. The van der Waals surface area contributed by atoms with Gasteiger partial charge in [-0.2, -0.15) is 0 Å². The molecule has 0 amide bonds. The maximum Gasteiger partial charge on any atom is 0.360 e. The van der Waals surface area contributed by atoms with Crippen molar-refractivity contribution in [3.05, 3.63) is 59.6 Å². The van der Waals surface area contributed by atoms with E-state index in [2.05, 4.69) is 10.1 Å². The lowest BCUT2D eigenvalue weighted by Crippen LogP contribution is -2.04. The third-order valence-electron chi connectivity index (χ3n) is 3.12. The maximum atomic E-state index is 11.5. The molecular formula is C17H14N2O3. The zero-order valence-electron chi connectivity index (χ0n) is 12.0. The summed E-state index contributed by atoms with van der Waals surface area (Å²) in [6, 6.07) is 11.4. The normalized spacial score (nSPS) is 11.1. The van der Waals surface area contributed by atoms with E-state index in [0.29, 0.717) is 12.4 Å². The summed E-state index contributed by atoms with van der Waals surface area (Å²) in [5.41, 5.74) is 2.11. The molecule has 3 aromatic rings. The summed E-state index contributed by atoms with van der Waals surface area (Å²) in [4.78, 5) is 15.8. The first-order valence-corrected chi connectivity index (χ1v) is 6.93. The lowest BCUT2D eigenvalue weighted by molar-refractivity contribution is 0.0514. The molecule has 0 saturated carbocycles. The lowest BCUT2D eigenvalue weighted by atomic mass is 10.1. The molecule has 5 heteroatoms. The molecule has 2 aromatic heterocycles. The Morgan fingerprint density at radius 3 is 3.00 bits per heavy atom. The van der Waals surface area contributed by atoms with Crippen molar-refractivity contribution in [1.82, 2.24) is 10.1 Å². The highest BCUT2D eigenvalue weighted by molar-refractivity contribution is 5.91. The fourth-order valence-electron chi connectivity index (χ4n) is 2.10. The van der Waals surface area contributed by atoms with Crippen LogP contribution < -0.4 is 0 Å².